The Balaban J connectivity index is 2.77. The van der Waals surface area contributed by atoms with Crippen molar-refractivity contribution < 1.29 is 14.3 Å². The highest BCUT2D eigenvalue weighted by molar-refractivity contribution is 6.36. The van der Waals surface area contributed by atoms with E-state index < -0.39 is 11.9 Å². The lowest BCUT2D eigenvalue weighted by molar-refractivity contribution is -0.136. The molecule has 0 saturated heterocycles. The number of hydrogen-bond acceptors (Lipinski definition) is 5. The number of nitrogens with two attached hydrogens (primary N) is 1. The van der Waals surface area contributed by atoms with Crippen molar-refractivity contribution in [2.24, 2.45) is 5.73 Å². The second-order valence-electron chi connectivity index (χ2n) is 4.52. The van der Waals surface area contributed by atoms with Crippen LogP contribution in [0, 0.1) is 11.3 Å². The van der Waals surface area contributed by atoms with E-state index in [2.05, 4.69) is 0 Å². The zero-order chi connectivity index (χ0) is 16.4. The minimum atomic E-state index is -0.840. The Labute approximate surface area is 137 Å². The number of carbonyl (C=O) groups excluding carboxylic acids is 1. The molecule has 7 heteroatoms. The fourth-order valence-electron chi connectivity index (χ4n) is 2.33. The van der Waals surface area contributed by atoms with Crippen molar-refractivity contribution in [3.8, 4) is 6.07 Å². The van der Waals surface area contributed by atoms with E-state index in [0.29, 0.717) is 15.6 Å². The van der Waals surface area contributed by atoms with Crippen LogP contribution in [0.25, 0.3) is 0 Å². The number of nitriles is 1. The van der Waals surface area contributed by atoms with Crippen LogP contribution in [0.5, 0.6) is 0 Å². The number of halogens is 2. The molecule has 1 unspecified atom stereocenters. The van der Waals surface area contributed by atoms with Crippen molar-refractivity contribution in [2.45, 2.75) is 12.8 Å². The van der Waals surface area contributed by atoms with Crippen LogP contribution >= 0.6 is 23.2 Å². The molecule has 0 aromatic heterocycles. The number of hydrogen-bond donors (Lipinski definition) is 1. The fraction of sp³-hybridized carbons (Fsp3) is 0.200. The van der Waals surface area contributed by atoms with E-state index in [1.165, 1.54) is 7.11 Å². The van der Waals surface area contributed by atoms with E-state index in [0.717, 1.165) is 0 Å². The Bertz CT molecular complexity index is 727. The van der Waals surface area contributed by atoms with Crippen molar-refractivity contribution in [2.75, 3.05) is 7.11 Å². The molecule has 0 bridgehead atoms. The van der Waals surface area contributed by atoms with Crippen LogP contribution in [0.2, 0.25) is 10.0 Å². The number of ether oxygens (including phenoxy) is 2. The quantitative estimate of drug-likeness (QED) is 0.836. The average molecular weight is 339 g/mol. The monoisotopic (exact) mass is 338 g/mol. The molecule has 114 valence electrons. The lowest BCUT2D eigenvalue weighted by Gasteiger charge is -2.27. The topological polar surface area (TPSA) is 85.3 Å². The first kappa shape index (κ1) is 16.2. The summed E-state index contributed by atoms with van der Waals surface area (Å²) in [4.78, 5) is 12.1. The Hall–Kier alpha value is -2.16. The van der Waals surface area contributed by atoms with Gasteiger partial charge in [0.15, 0.2) is 0 Å². The molecule has 0 saturated carbocycles. The number of carbonyl (C=O) groups is 1. The molecule has 5 nitrogen and oxygen atoms in total. The molecule has 0 amide bonds. The number of esters is 1. The predicted molar refractivity (Wildman–Crippen MR) is 81.8 cm³/mol. The van der Waals surface area contributed by atoms with Gasteiger partial charge in [0.1, 0.15) is 17.4 Å². The van der Waals surface area contributed by atoms with Gasteiger partial charge in [-0.1, -0.05) is 29.3 Å². The molecule has 0 fully saturated rings. The maximum atomic E-state index is 12.1. The maximum Gasteiger partial charge on any atom is 0.338 e. The molecule has 1 heterocycles. The SMILES string of the molecule is COC(=O)C1=C(C)OC(N)=C(C#N)C1c1c(Cl)cccc1Cl. The second-order valence-corrected chi connectivity index (χ2v) is 5.34. The van der Waals surface area contributed by atoms with Gasteiger partial charge < -0.3 is 15.2 Å². The maximum absolute atomic E-state index is 12.1. The van der Waals surface area contributed by atoms with Crippen LogP contribution in [0.1, 0.15) is 18.4 Å². The third-order valence-electron chi connectivity index (χ3n) is 3.30. The molecule has 0 radical (unpaired) electrons. The molecule has 2 N–H and O–H groups in total. The molecule has 1 aliphatic rings. The zero-order valence-electron chi connectivity index (χ0n) is 11.8. The summed E-state index contributed by atoms with van der Waals surface area (Å²) < 4.78 is 10.1. The van der Waals surface area contributed by atoms with Gasteiger partial charge in [-0.25, -0.2) is 4.79 Å². The summed E-state index contributed by atoms with van der Waals surface area (Å²) in [5.74, 6) is -1.33. The van der Waals surface area contributed by atoms with Gasteiger partial charge in [0, 0.05) is 15.6 Å². The zero-order valence-corrected chi connectivity index (χ0v) is 13.3. The highest BCUT2D eigenvalue weighted by Crippen LogP contribution is 2.44. The Morgan fingerprint density at radius 2 is 2.00 bits per heavy atom. The first-order valence-corrected chi connectivity index (χ1v) is 6.98. The molecule has 1 atom stereocenters. The van der Waals surface area contributed by atoms with Crippen molar-refractivity contribution in [1.82, 2.24) is 0 Å². The molecule has 2 rings (SSSR count). The lowest BCUT2D eigenvalue weighted by Crippen LogP contribution is -2.25. The number of allylic oxidation sites excluding steroid dienone is 2. The summed E-state index contributed by atoms with van der Waals surface area (Å²) in [6.07, 6.45) is 0. The van der Waals surface area contributed by atoms with E-state index in [1.807, 2.05) is 6.07 Å². The van der Waals surface area contributed by atoms with Crippen LogP contribution < -0.4 is 5.73 Å². The average Bonchev–Trinajstić information content (AvgIpc) is 2.46. The number of methoxy groups -OCH3 is 1. The summed E-state index contributed by atoms with van der Waals surface area (Å²) in [7, 11) is 1.24. The summed E-state index contributed by atoms with van der Waals surface area (Å²) in [6.45, 7) is 1.56. The van der Waals surface area contributed by atoms with Crippen LogP contribution in [0.4, 0.5) is 0 Å². The van der Waals surface area contributed by atoms with Gasteiger partial charge in [0.05, 0.1) is 18.6 Å². The van der Waals surface area contributed by atoms with E-state index in [9.17, 15) is 10.1 Å². The molecule has 0 spiro atoms. The number of benzene rings is 1. The van der Waals surface area contributed by atoms with Crippen molar-refractivity contribution in [3.63, 3.8) is 0 Å². The number of rotatable bonds is 2. The largest absolute Gasteiger partial charge is 0.466 e. The Morgan fingerprint density at radius 1 is 1.41 bits per heavy atom. The minimum Gasteiger partial charge on any atom is -0.466 e. The second kappa shape index (κ2) is 6.30. The third-order valence-corrected chi connectivity index (χ3v) is 3.96. The normalized spacial score (nSPS) is 17.9. The molecular weight excluding hydrogens is 327 g/mol. The van der Waals surface area contributed by atoms with Gasteiger partial charge in [-0.05, 0) is 19.1 Å². The van der Waals surface area contributed by atoms with Gasteiger partial charge in [-0.2, -0.15) is 5.26 Å². The summed E-state index contributed by atoms with van der Waals surface area (Å²) in [6, 6.07) is 6.86. The highest BCUT2D eigenvalue weighted by atomic mass is 35.5. The summed E-state index contributed by atoms with van der Waals surface area (Å²) >= 11 is 12.4. The van der Waals surface area contributed by atoms with Crippen LogP contribution in [-0.4, -0.2) is 13.1 Å². The molecule has 22 heavy (non-hydrogen) atoms. The summed E-state index contributed by atoms with van der Waals surface area (Å²) in [5.41, 5.74) is 6.38. The van der Waals surface area contributed by atoms with E-state index >= 15 is 0 Å². The van der Waals surface area contributed by atoms with Gasteiger partial charge >= 0.3 is 5.97 Å². The molecule has 1 aliphatic heterocycles. The Morgan fingerprint density at radius 3 is 2.50 bits per heavy atom. The van der Waals surface area contributed by atoms with Gasteiger partial charge in [0.25, 0.3) is 0 Å². The minimum absolute atomic E-state index is 0.0565. The fourth-order valence-corrected chi connectivity index (χ4v) is 2.95. The van der Waals surface area contributed by atoms with E-state index in [-0.39, 0.29) is 22.8 Å². The third kappa shape index (κ3) is 2.63. The van der Waals surface area contributed by atoms with Crippen LogP contribution in [0.15, 0.2) is 41.0 Å². The van der Waals surface area contributed by atoms with E-state index in [4.69, 9.17) is 38.4 Å². The van der Waals surface area contributed by atoms with Gasteiger partial charge in [-0.3, -0.25) is 0 Å². The molecular formula is C15H12Cl2N2O3. The smallest absolute Gasteiger partial charge is 0.338 e. The van der Waals surface area contributed by atoms with Crippen LogP contribution in [0.3, 0.4) is 0 Å². The van der Waals surface area contributed by atoms with Crippen LogP contribution in [-0.2, 0) is 14.3 Å². The van der Waals surface area contributed by atoms with Gasteiger partial charge in [0.2, 0.25) is 5.88 Å². The molecule has 1 aromatic rings. The van der Waals surface area contributed by atoms with Crippen molar-refractivity contribution in [3.05, 3.63) is 56.6 Å². The lowest BCUT2D eigenvalue weighted by atomic mass is 9.83. The standard InChI is InChI=1S/C15H12Cl2N2O3/c1-7-11(15(20)21-2)12(8(6-18)14(19)22-7)13-9(16)4-3-5-10(13)17/h3-5,12H,19H2,1-2H3. The van der Waals surface area contributed by atoms with Gasteiger partial charge in [-0.15, -0.1) is 0 Å². The van der Waals surface area contributed by atoms with Crippen molar-refractivity contribution >= 4 is 29.2 Å². The Kier molecular flexibility index (Phi) is 4.65. The molecule has 1 aromatic carbocycles. The highest BCUT2D eigenvalue weighted by Gasteiger charge is 2.38. The predicted octanol–water partition coefficient (Wildman–Crippen LogP) is 3.25. The first-order valence-electron chi connectivity index (χ1n) is 6.23. The van der Waals surface area contributed by atoms with Crippen molar-refractivity contribution in [1.29, 1.82) is 5.26 Å². The van der Waals surface area contributed by atoms with E-state index in [1.54, 1.807) is 25.1 Å². The first-order chi connectivity index (χ1) is 10.4. The number of nitrogens with zero attached hydrogens (tertiary/aromatic N) is 1. The summed E-state index contributed by atoms with van der Waals surface area (Å²) in [5, 5.41) is 10.0. The molecule has 0 aliphatic carbocycles.